The maximum Gasteiger partial charge on any atom is 0.416 e. The highest BCUT2D eigenvalue weighted by atomic mass is 32.1. The highest BCUT2D eigenvalue weighted by Gasteiger charge is 2.37. The summed E-state index contributed by atoms with van der Waals surface area (Å²) in [5.41, 5.74) is -3.06. The van der Waals surface area contributed by atoms with Crippen LogP contribution in [0.1, 0.15) is 20.8 Å². The zero-order valence-corrected chi connectivity index (χ0v) is 14.7. The maximum atomic E-state index is 12.8. The van der Waals surface area contributed by atoms with Crippen LogP contribution < -0.4 is 10.1 Å². The number of anilines is 1. The largest absolute Gasteiger partial charge is 0.484 e. The van der Waals surface area contributed by atoms with Gasteiger partial charge in [0.2, 0.25) is 0 Å². The van der Waals surface area contributed by atoms with Crippen LogP contribution in [0.25, 0.3) is 0 Å². The Labute approximate surface area is 157 Å². The van der Waals surface area contributed by atoms with E-state index in [1.165, 1.54) is 11.4 Å². The van der Waals surface area contributed by atoms with Gasteiger partial charge < -0.3 is 14.8 Å². The molecule has 28 heavy (non-hydrogen) atoms. The van der Waals surface area contributed by atoms with Crippen LogP contribution >= 0.6 is 11.3 Å². The van der Waals surface area contributed by atoms with Crippen molar-refractivity contribution in [1.82, 2.24) is 0 Å². The van der Waals surface area contributed by atoms with E-state index in [1.807, 2.05) is 0 Å². The second kappa shape index (κ2) is 8.09. The molecule has 152 valence electrons. The molecular formula is C16H11F6NO4S. The lowest BCUT2D eigenvalue weighted by Crippen LogP contribution is -2.21. The van der Waals surface area contributed by atoms with Gasteiger partial charge in [0.15, 0.2) is 6.61 Å². The lowest BCUT2D eigenvalue weighted by Gasteiger charge is -2.14. The summed E-state index contributed by atoms with van der Waals surface area (Å²) in [6.45, 7) is -0.880. The van der Waals surface area contributed by atoms with Crippen molar-refractivity contribution in [1.29, 1.82) is 0 Å². The van der Waals surface area contributed by atoms with Gasteiger partial charge in [0.25, 0.3) is 5.91 Å². The summed E-state index contributed by atoms with van der Waals surface area (Å²) in [6, 6.07) is 2.03. The first kappa shape index (κ1) is 21.5. The molecule has 0 fully saturated rings. The molecular weight excluding hydrogens is 416 g/mol. The fourth-order valence-corrected chi connectivity index (χ4v) is 2.77. The number of carbonyl (C=O) groups excluding carboxylic acids is 2. The Morgan fingerprint density at radius 1 is 1.04 bits per heavy atom. The van der Waals surface area contributed by atoms with Gasteiger partial charge in [0.05, 0.1) is 23.9 Å². The smallest absolute Gasteiger partial charge is 0.416 e. The first-order valence-corrected chi connectivity index (χ1v) is 8.17. The molecule has 0 unspecified atom stereocenters. The van der Waals surface area contributed by atoms with Crippen molar-refractivity contribution < 1.29 is 45.4 Å². The van der Waals surface area contributed by atoms with Crippen LogP contribution in [-0.2, 0) is 21.9 Å². The maximum absolute atomic E-state index is 12.8. The van der Waals surface area contributed by atoms with E-state index in [4.69, 9.17) is 4.74 Å². The molecule has 1 aromatic heterocycles. The lowest BCUT2D eigenvalue weighted by molar-refractivity contribution is -0.143. The van der Waals surface area contributed by atoms with E-state index in [2.05, 4.69) is 10.1 Å². The first-order chi connectivity index (χ1) is 12.9. The van der Waals surface area contributed by atoms with Gasteiger partial charge in [-0.2, -0.15) is 26.3 Å². The highest BCUT2D eigenvalue weighted by Crippen LogP contribution is 2.38. The molecule has 0 saturated heterocycles. The van der Waals surface area contributed by atoms with Crippen LogP contribution in [-0.4, -0.2) is 25.6 Å². The third kappa shape index (κ3) is 5.38. The molecule has 2 aromatic rings. The van der Waals surface area contributed by atoms with Gasteiger partial charge in [-0.25, -0.2) is 4.79 Å². The molecule has 0 radical (unpaired) electrons. The quantitative estimate of drug-likeness (QED) is 0.560. The minimum absolute atomic E-state index is 0.0546. The number of hydrogen-bond acceptors (Lipinski definition) is 5. The van der Waals surface area contributed by atoms with Crippen molar-refractivity contribution in [2.24, 2.45) is 0 Å². The second-order valence-corrected chi connectivity index (χ2v) is 6.15. The molecule has 1 heterocycles. The molecule has 5 nitrogen and oxygen atoms in total. The van der Waals surface area contributed by atoms with Crippen LogP contribution in [0.4, 0.5) is 32.0 Å². The monoisotopic (exact) mass is 427 g/mol. The van der Waals surface area contributed by atoms with E-state index in [9.17, 15) is 35.9 Å². The van der Waals surface area contributed by atoms with Crippen molar-refractivity contribution in [3.8, 4) is 5.75 Å². The van der Waals surface area contributed by atoms with Crippen LogP contribution in [0.5, 0.6) is 5.75 Å². The van der Waals surface area contributed by atoms with Gasteiger partial charge in [-0.15, -0.1) is 11.3 Å². The van der Waals surface area contributed by atoms with Gasteiger partial charge in [-0.05, 0) is 29.6 Å². The van der Waals surface area contributed by atoms with Crippen molar-refractivity contribution in [3.05, 3.63) is 45.6 Å². The van der Waals surface area contributed by atoms with Crippen molar-refractivity contribution in [2.45, 2.75) is 12.4 Å². The zero-order valence-electron chi connectivity index (χ0n) is 13.9. The summed E-state index contributed by atoms with van der Waals surface area (Å²) < 4.78 is 86.1. The number of carbonyl (C=O) groups is 2. The molecule has 0 aliphatic heterocycles. The van der Waals surface area contributed by atoms with Gasteiger partial charge in [-0.3, -0.25) is 4.79 Å². The van der Waals surface area contributed by atoms with E-state index in [-0.39, 0.29) is 16.6 Å². The Morgan fingerprint density at radius 3 is 2.11 bits per heavy atom. The number of rotatable bonds is 5. The minimum atomic E-state index is -5.03. The highest BCUT2D eigenvalue weighted by molar-refractivity contribution is 7.12. The fraction of sp³-hybridized carbons (Fsp3) is 0.250. The van der Waals surface area contributed by atoms with Crippen LogP contribution in [0.3, 0.4) is 0 Å². The Bertz CT molecular complexity index is 842. The number of benzene rings is 1. The number of nitrogens with one attached hydrogen (secondary N) is 1. The zero-order chi connectivity index (χ0) is 21.1. The molecule has 0 saturated carbocycles. The van der Waals surface area contributed by atoms with Crippen LogP contribution in [0.2, 0.25) is 0 Å². The lowest BCUT2D eigenvalue weighted by atomic mass is 10.1. The molecule has 1 amide bonds. The van der Waals surface area contributed by atoms with E-state index in [0.717, 1.165) is 18.4 Å². The number of amides is 1. The van der Waals surface area contributed by atoms with Crippen molar-refractivity contribution >= 4 is 28.9 Å². The molecule has 2 rings (SSSR count). The Morgan fingerprint density at radius 2 is 1.61 bits per heavy atom. The summed E-state index contributed by atoms with van der Waals surface area (Å²) in [5.74, 6) is -2.40. The third-order valence-corrected chi connectivity index (χ3v) is 4.14. The molecule has 0 aliphatic carbocycles. The number of alkyl halides is 6. The van der Waals surface area contributed by atoms with Gasteiger partial charge in [0, 0.05) is 0 Å². The minimum Gasteiger partial charge on any atom is -0.484 e. The first-order valence-electron chi connectivity index (χ1n) is 7.29. The molecule has 0 bridgehead atoms. The summed E-state index contributed by atoms with van der Waals surface area (Å²) in [4.78, 5) is 23.5. The Kier molecular flexibility index (Phi) is 6.22. The summed E-state index contributed by atoms with van der Waals surface area (Å²) >= 11 is 0.968. The SMILES string of the molecule is COC(=O)c1sccc1NC(=O)COc1cc(C(F)(F)F)cc(C(F)(F)F)c1. The molecule has 0 spiro atoms. The van der Waals surface area contributed by atoms with Crippen LogP contribution in [0.15, 0.2) is 29.6 Å². The number of esters is 1. The molecule has 12 heteroatoms. The molecule has 1 N–H and O–H groups in total. The summed E-state index contributed by atoms with van der Waals surface area (Å²) in [7, 11) is 1.13. The number of thiophene rings is 1. The second-order valence-electron chi connectivity index (χ2n) is 5.23. The number of halogens is 6. The molecule has 0 atom stereocenters. The predicted molar refractivity (Wildman–Crippen MR) is 86.2 cm³/mol. The average Bonchev–Trinajstić information content (AvgIpc) is 3.05. The van der Waals surface area contributed by atoms with E-state index in [1.54, 1.807) is 0 Å². The average molecular weight is 427 g/mol. The summed E-state index contributed by atoms with van der Waals surface area (Å²) in [5, 5.41) is 3.74. The van der Waals surface area contributed by atoms with Crippen molar-refractivity contribution in [3.63, 3.8) is 0 Å². The van der Waals surface area contributed by atoms with Gasteiger partial charge in [-0.1, -0.05) is 0 Å². The topological polar surface area (TPSA) is 64.6 Å². The molecule has 1 aromatic carbocycles. The molecule has 0 aliphatic rings. The van der Waals surface area contributed by atoms with Crippen LogP contribution in [0, 0.1) is 0 Å². The van der Waals surface area contributed by atoms with Crippen molar-refractivity contribution in [2.75, 3.05) is 19.0 Å². The van der Waals surface area contributed by atoms with E-state index >= 15 is 0 Å². The Balaban J connectivity index is 2.14. The third-order valence-electron chi connectivity index (χ3n) is 3.24. The Hall–Kier alpha value is -2.76. The number of ether oxygens (including phenoxy) is 2. The predicted octanol–water partition coefficient (Wildman–Crippen LogP) is 4.59. The normalized spacial score (nSPS) is 11.8. The van der Waals surface area contributed by atoms with E-state index < -0.39 is 47.7 Å². The fourth-order valence-electron chi connectivity index (χ4n) is 2.00. The number of hydrogen-bond donors (Lipinski definition) is 1. The van der Waals surface area contributed by atoms with Gasteiger partial charge in [0.1, 0.15) is 10.6 Å². The number of methoxy groups -OCH3 is 1. The van der Waals surface area contributed by atoms with Gasteiger partial charge >= 0.3 is 18.3 Å². The summed E-state index contributed by atoms with van der Waals surface area (Å²) in [6.07, 6.45) is -10.1. The standard InChI is InChI=1S/C16H11F6NO4S/c1-26-14(25)13-11(2-3-28-13)23-12(24)7-27-10-5-8(15(17,18)19)4-9(6-10)16(20,21)22/h2-6H,7H2,1H3,(H,23,24). The van der Waals surface area contributed by atoms with E-state index in [0.29, 0.717) is 12.1 Å².